The molecule has 0 aliphatic carbocycles. The predicted octanol–water partition coefficient (Wildman–Crippen LogP) is 4.61. The number of para-hydroxylation sites is 1. The number of anilines is 1. The van der Waals surface area contributed by atoms with Gasteiger partial charge in [0.25, 0.3) is 0 Å². The van der Waals surface area contributed by atoms with Gasteiger partial charge in [0.1, 0.15) is 0 Å². The smallest absolute Gasteiger partial charge is 0.237 e. The lowest BCUT2D eigenvalue weighted by Crippen LogP contribution is -2.30. The molecule has 1 aromatic heterocycles. The van der Waals surface area contributed by atoms with Crippen LogP contribution in [0.2, 0.25) is 5.02 Å². The Kier molecular flexibility index (Phi) is 5.42. The van der Waals surface area contributed by atoms with Crippen LogP contribution in [0, 0.1) is 6.92 Å². The summed E-state index contributed by atoms with van der Waals surface area (Å²) >= 11 is 7.70. The molecule has 0 atom stereocenters. The molecular formula is C21H21ClN4OS. The molecule has 2 aromatic carbocycles. The van der Waals surface area contributed by atoms with Crippen LogP contribution >= 0.6 is 23.4 Å². The molecule has 1 aliphatic rings. The molecule has 0 saturated heterocycles. The normalized spacial score (nSPS) is 13.0. The molecule has 0 radical (unpaired) electrons. The van der Waals surface area contributed by atoms with Gasteiger partial charge in [-0.3, -0.25) is 4.79 Å². The fraction of sp³-hybridized carbons (Fsp3) is 0.286. The third-order valence-electron chi connectivity index (χ3n) is 4.98. The van der Waals surface area contributed by atoms with Crippen molar-refractivity contribution in [3.8, 4) is 11.4 Å². The quantitative estimate of drug-likeness (QED) is 0.574. The van der Waals surface area contributed by atoms with Crippen molar-refractivity contribution in [2.24, 2.45) is 0 Å². The summed E-state index contributed by atoms with van der Waals surface area (Å²) in [5.41, 5.74) is 4.21. The van der Waals surface area contributed by atoms with Crippen molar-refractivity contribution < 1.29 is 4.79 Å². The molecule has 4 rings (SSSR count). The van der Waals surface area contributed by atoms with Gasteiger partial charge in [-0.25, -0.2) is 0 Å². The van der Waals surface area contributed by atoms with Crippen LogP contribution in [-0.4, -0.2) is 33.0 Å². The lowest BCUT2D eigenvalue weighted by Gasteiger charge is -2.17. The van der Waals surface area contributed by atoms with E-state index in [4.69, 9.17) is 11.6 Å². The van der Waals surface area contributed by atoms with Gasteiger partial charge in [-0.1, -0.05) is 53.7 Å². The lowest BCUT2D eigenvalue weighted by molar-refractivity contribution is -0.116. The molecule has 144 valence electrons. The molecule has 5 nitrogen and oxygen atoms in total. The number of halogens is 1. The first-order valence-electron chi connectivity index (χ1n) is 9.29. The zero-order valence-corrected chi connectivity index (χ0v) is 17.4. The Labute approximate surface area is 173 Å². The second kappa shape index (κ2) is 7.97. The van der Waals surface area contributed by atoms with Gasteiger partial charge in [0.2, 0.25) is 5.91 Å². The van der Waals surface area contributed by atoms with Crippen molar-refractivity contribution >= 4 is 35.0 Å². The van der Waals surface area contributed by atoms with E-state index in [2.05, 4.69) is 16.3 Å². The number of carbonyl (C=O) groups is 1. The molecule has 0 spiro atoms. The van der Waals surface area contributed by atoms with E-state index < -0.39 is 0 Å². The fourth-order valence-electron chi connectivity index (χ4n) is 3.43. The van der Waals surface area contributed by atoms with Crippen LogP contribution in [0.3, 0.4) is 0 Å². The molecule has 1 amide bonds. The maximum Gasteiger partial charge on any atom is 0.237 e. The molecule has 3 aromatic rings. The summed E-state index contributed by atoms with van der Waals surface area (Å²) in [5.74, 6) is 1.20. The molecule has 0 saturated carbocycles. The van der Waals surface area contributed by atoms with Crippen molar-refractivity contribution in [1.29, 1.82) is 0 Å². The monoisotopic (exact) mass is 412 g/mol. The highest BCUT2D eigenvalue weighted by atomic mass is 35.5. The minimum atomic E-state index is 0.0977. The Morgan fingerprint density at radius 3 is 2.82 bits per heavy atom. The summed E-state index contributed by atoms with van der Waals surface area (Å²) in [7, 11) is 0. The highest BCUT2D eigenvalue weighted by Crippen LogP contribution is 2.30. The molecule has 0 unspecified atom stereocenters. The van der Waals surface area contributed by atoms with Gasteiger partial charge in [-0.15, -0.1) is 10.2 Å². The van der Waals surface area contributed by atoms with E-state index in [1.165, 1.54) is 17.3 Å². The second-order valence-electron chi connectivity index (χ2n) is 6.73. The zero-order valence-electron chi connectivity index (χ0n) is 15.9. The van der Waals surface area contributed by atoms with E-state index in [0.29, 0.717) is 10.8 Å². The maximum atomic E-state index is 12.8. The summed E-state index contributed by atoms with van der Waals surface area (Å²) in [6.45, 7) is 5.48. The first-order valence-corrected chi connectivity index (χ1v) is 10.7. The Balaban J connectivity index is 1.51. The van der Waals surface area contributed by atoms with E-state index in [-0.39, 0.29) is 5.91 Å². The number of rotatable bonds is 5. The van der Waals surface area contributed by atoms with Crippen LogP contribution in [0.25, 0.3) is 11.4 Å². The number of benzene rings is 2. The fourth-order valence-corrected chi connectivity index (χ4v) is 4.49. The Morgan fingerprint density at radius 1 is 1.21 bits per heavy atom. The van der Waals surface area contributed by atoms with Crippen molar-refractivity contribution in [3.63, 3.8) is 0 Å². The summed E-state index contributed by atoms with van der Waals surface area (Å²) in [6, 6.07) is 14.0. The first-order chi connectivity index (χ1) is 13.6. The predicted molar refractivity (Wildman–Crippen MR) is 114 cm³/mol. The van der Waals surface area contributed by atoms with E-state index in [0.717, 1.165) is 47.3 Å². The summed E-state index contributed by atoms with van der Waals surface area (Å²) in [5, 5.41) is 10.1. The van der Waals surface area contributed by atoms with Crippen LogP contribution in [-0.2, 0) is 17.8 Å². The van der Waals surface area contributed by atoms with Crippen molar-refractivity contribution in [1.82, 2.24) is 14.8 Å². The lowest BCUT2D eigenvalue weighted by atomic mass is 10.1. The molecule has 0 bridgehead atoms. The number of nitrogens with zero attached hydrogens (tertiary/aromatic N) is 4. The number of thioether (sulfide) groups is 1. The van der Waals surface area contributed by atoms with Crippen molar-refractivity contribution in [3.05, 3.63) is 58.6 Å². The number of hydrogen-bond donors (Lipinski definition) is 0. The van der Waals surface area contributed by atoms with E-state index in [1.807, 2.05) is 59.7 Å². The summed E-state index contributed by atoms with van der Waals surface area (Å²) in [6.07, 6.45) is 0.913. The number of aromatic nitrogens is 3. The Morgan fingerprint density at radius 2 is 2.04 bits per heavy atom. The zero-order chi connectivity index (χ0) is 19.7. The molecule has 1 aliphatic heterocycles. The standard InChI is InChI=1S/C21H21ClN4OS/c1-3-25-20(16-9-8-14(2)17(22)12-16)23-24-21(25)28-13-19(27)26-11-10-15-6-4-5-7-18(15)26/h4-9,12H,3,10-11,13H2,1-2H3. The second-order valence-corrected chi connectivity index (χ2v) is 8.08. The first kappa shape index (κ1) is 19.0. The van der Waals surface area contributed by atoms with Crippen LogP contribution in [0.15, 0.2) is 47.6 Å². The summed E-state index contributed by atoms with van der Waals surface area (Å²) < 4.78 is 2.02. The third-order valence-corrected chi connectivity index (χ3v) is 6.33. The molecule has 0 fully saturated rings. The highest BCUT2D eigenvalue weighted by molar-refractivity contribution is 7.99. The van der Waals surface area contributed by atoms with Gasteiger partial charge < -0.3 is 9.47 Å². The van der Waals surface area contributed by atoms with Gasteiger partial charge in [-0.05, 0) is 43.5 Å². The molecule has 28 heavy (non-hydrogen) atoms. The topological polar surface area (TPSA) is 51.0 Å². The minimum absolute atomic E-state index is 0.0977. The van der Waals surface area contributed by atoms with E-state index >= 15 is 0 Å². The third kappa shape index (κ3) is 3.54. The SMILES string of the molecule is CCn1c(SCC(=O)N2CCc3ccccc32)nnc1-c1ccc(C)c(Cl)c1. The largest absolute Gasteiger partial charge is 0.311 e. The average Bonchev–Trinajstić information content (AvgIpc) is 3.32. The van der Waals surface area contributed by atoms with Crippen LogP contribution in [0.5, 0.6) is 0 Å². The Bertz CT molecular complexity index is 1030. The van der Waals surface area contributed by atoms with Gasteiger partial charge in [0.05, 0.1) is 5.75 Å². The number of fused-ring (bicyclic) bond motifs is 1. The maximum absolute atomic E-state index is 12.8. The van der Waals surface area contributed by atoms with Gasteiger partial charge in [0.15, 0.2) is 11.0 Å². The number of amides is 1. The van der Waals surface area contributed by atoms with Gasteiger partial charge >= 0.3 is 0 Å². The van der Waals surface area contributed by atoms with E-state index in [9.17, 15) is 4.79 Å². The van der Waals surface area contributed by atoms with Crippen molar-refractivity contribution in [2.45, 2.75) is 32.0 Å². The highest BCUT2D eigenvalue weighted by Gasteiger charge is 2.25. The van der Waals surface area contributed by atoms with Crippen LogP contribution in [0.1, 0.15) is 18.1 Å². The minimum Gasteiger partial charge on any atom is -0.311 e. The van der Waals surface area contributed by atoms with Gasteiger partial charge in [0, 0.05) is 29.4 Å². The van der Waals surface area contributed by atoms with Crippen LogP contribution < -0.4 is 4.90 Å². The number of carbonyl (C=O) groups excluding carboxylic acids is 1. The molecular weight excluding hydrogens is 392 g/mol. The number of aryl methyl sites for hydroxylation is 1. The van der Waals surface area contributed by atoms with Crippen molar-refractivity contribution in [2.75, 3.05) is 17.2 Å². The number of hydrogen-bond acceptors (Lipinski definition) is 4. The van der Waals surface area contributed by atoms with Gasteiger partial charge in [-0.2, -0.15) is 0 Å². The average molecular weight is 413 g/mol. The molecule has 7 heteroatoms. The van der Waals surface area contributed by atoms with E-state index in [1.54, 1.807) is 0 Å². The molecule has 0 N–H and O–H groups in total. The van der Waals surface area contributed by atoms with Crippen LogP contribution in [0.4, 0.5) is 5.69 Å². The molecule has 2 heterocycles. The Hall–Kier alpha value is -2.31. The summed E-state index contributed by atoms with van der Waals surface area (Å²) in [4.78, 5) is 14.6.